The first-order valence-electron chi connectivity index (χ1n) is 10.1. The van der Waals surface area contributed by atoms with Crippen LogP contribution in [0.15, 0.2) is 47.4 Å². The van der Waals surface area contributed by atoms with Crippen LogP contribution in [0.1, 0.15) is 25.0 Å². The summed E-state index contributed by atoms with van der Waals surface area (Å²) in [6, 6.07) is 10.4. The molecular formula is C23H28N2O5S. The van der Waals surface area contributed by atoms with Gasteiger partial charge in [0.15, 0.2) is 11.5 Å². The van der Waals surface area contributed by atoms with Crippen molar-refractivity contribution in [3.63, 3.8) is 0 Å². The summed E-state index contributed by atoms with van der Waals surface area (Å²) in [5.74, 6) is 1.52. The third-order valence-electron chi connectivity index (χ3n) is 4.97. The standard InChI is InChI=1S/C23H28N2O5S/c1-16(2)15-30-21-9-5-17(13-22(21)29-4)6-10-23(26)25-12-11-18-14-19(7-8-20(18)25)31(27,28)24-3/h5-10,13-14,16,24H,11-12,15H2,1-4H3/b10-6+. The molecule has 0 unspecified atom stereocenters. The van der Waals surface area contributed by atoms with Crippen LogP contribution in [0.5, 0.6) is 11.5 Å². The number of sulfonamides is 1. The summed E-state index contributed by atoms with van der Waals surface area (Å²) in [6.07, 6.45) is 3.85. The normalized spacial score (nSPS) is 13.6. The van der Waals surface area contributed by atoms with Crippen molar-refractivity contribution in [2.24, 2.45) is 5.92 Å². The van der Waals surface area contributed by atoms with Gasteiger partial charge < -0.3 is 14.4 Å². The van der Waals surface area contributed by atoms with Crippen molar-refractivity contribution in [1.29, 1.82) is 0 Å². The van der Waals surface area contributed by atoms with Crippen molar-refractivity contribution < 1.29 is 22.7 Å². The molecule has 2 aromatic rings. The number of benzene rings is 2. The first kappa shape index (κ1) is 22.8. The Balaban J connectivity index is 1.74. The van der Waals surface area contributed by atoms with Gasteiger partial charge in [0, 0.05) is 18.3 Å². The molecule has 8 heteroatoms. The van der Waals surface area contributed by atoms with E-state index in [9.17, 15) is 13.2 Å². The maximum atomic E-state index is 12.8. The fourth-order valence-electron chi connectivity index (χ4n) is 3.31. The molecule has 0 aromatic heterocycles. The molecule has 0 saturated heterocycles. The maximum Gasteiger partial charge on any atom is 0.251 e. The number of ether oxygens (including phenoxy) is 2. The number of nitrogens with one attached hydrogen (secondary N) is 1. The molecule has 0 fully saturated rings. The summed E-state index contributed by atoms with van der Waals surface area (Å²) < 4.78 is 37.5. The minimum absolute atomic E-state index is 0.165. The molecule has 1 aliphatic rings. The second-order valence-corrected chi connectivity index (χ2v) is 9.57. The quantitative estimate of drug-likeness (QED) is 0.632. The molecule has 0 saturated carbocycles. The van der Waals surface area contributed by atoms with Gasteiger partial charge in [-0.25, -0.2) is 13.1 Å². The summed E-state index contributed by atoms with van der Waals surface area (Å²) in [5, 5.41) is 0. The van der Waals surface area contributed by atoms with E-state index in [4.69, 9.17) is 9.47 Å². The number of carbonyl (C=O) groups excluding carboxylic acids is 1. The minimum atomic E-state index is -3.51. The van der Waals surface area contributed by atoms with Gasteiger partial charge in [0.1, 0.15) is 0 Å². The Morgan fingerprint density at radius 2 is 1.97 bits per heavy atom. The molecule has 3 rings (SSSR count). The second kappa shape index (κ2) is 9.53. The molecule has 0 aliphatic carbocycles. The lowest BCUT2D eigenvalue weighted by atomic mass is 10.1. The van der Waals surface area contributed by atoms with E-state index < -0.39 is 10.0 Å². The highest BCUT2D eigenvalue weighted by molar-refractivity contribution is 7.89. The maximum absolute atomic E-state index is 12.8. The van der Waals surface area contributed by atoms with Crippen LogP contribution >= 0.6 is 0 Å². The summed E-state index contributed by atoms with van der Waals surface area (Å²) >= 11 is 0. The zero-order chi connectivity index (χ0) is 22.6. The van der Waals surface area contributed by atoms with Crippen molar-refractivity contribution >= 4 is 27.7 Å². The number of hydrogen-bond donors (Lipinski definition) is 1. The number of methoxy groups -OCH3 is 1. The number of amides is 1. The van der Waals surface area contributed by atoms with Gasteiger partial charge in [-0.2, -0.15) is 0 Å². The van der Waals surface area contributed by atoms with Crippen LogP contribution in [0.3, 0.4) is 0 Å². The van der Waals surface area contributed by atoms with Crippen LogP contribution in [-0.2, 0) is 21.2 Å². The molecule has 0 spiro atoms. The summed E-state index contributed by atoms with van der Waals surface area (Å²) in [5.41, 5.74) is 2.39. The minimum Gasteiger partial charge on any atom is -0.493 e. The van der Waals surface area contributed by atoms with E-state index in [0.717, 1.165) is 16.8 Å². The van der Waals surface area contributed by atoms with Crippen LogP contribution in [0.4, 0.5) is 5.69 Å². The monoisotopic (exact) mass is 444 g/mol. The Kier molecular flexibility index (Phi) is 7.02. The van der Waals surface area contributed by atoms with E-state index in [0.29, 0.717) is 37.0 Å². The van der Waals surface area contributed by atoms with Gasteiger partial charge in [0.25, 0.3) is 5.91 Å². The smallest absolute Gasteiger partial charge is 0.251 e. The number of hydrogen-bond acceptors (Lipinski definition) is 5. The summed E-state index contributed by atoms with van der Waals surface area (Å²) in [6.45, 7) is 5.25. The largest absolute Gasteiger partial charge is 0.493 e. The van der Waals surface area contributed by atoms with Crippen LogP contribution < -0.4 is 19.1 Å². The predicted octanol–water partition coefficient (Wildman–Crippen LogP) is 3.24. The predicted molar refractivity (Wildman–Crippen MR) is 121 cm³/mol. The highest BCUT2D eigenvalue weighted by Gasteiger charge is 2.25. The first-order chi connectivity index (χ1) is 14.7. The summed E-state index contributed by atoms with van der Waals surface area (Å²) in [4.78, 5) is 14.6. The summed E-state index contributed by atoms with van der Waals surface area (Å²) in [7, 11) is -0.553. The highest BCUT2D eigenvalue weighted by Crippen LogP contribution is 2.31. The Labute approximate surface area is 183 Å². The molecule has 0 radical (unpaired) electrons. The van der Waals surface area contributed by atoms with Crippen molar-refractivity contribution in [1.82, 2.24) is 4.72 Å². The highest BCUT2D eigenvalue weighted by atomic mass is 32.2. The van der Waals surface area contributed by atoms with Gasteiger partial charge in [0.2, 0.25) is 10.0 Å². The molecule has 1 aliphatic heterocycles. The Bertz CT molecular complexity index is 1090. The molecule has 1 N–H and O–H groups in total. The van der Waals surface area contributed by atoms with Gasteiger partial charge in [0.05, 0.1) is 18.6 Å². The first-order valence-corrected chi connectivity index (χ1v) is 11.6. The van der Waals surface area contributed by atoms with Gasteiger partial charge in [-0.05, 0) is 66.9 Å². The fourth-order valence-corrected chi connectivity index (χ4v) is 4.09. The van der Waals surface area contributed by atoms with E-state index >= 15 is 0 Å². The fraction of sp³-hybridized carbons (Fsp3) is 0.348. The third kappa shape index (κ3) is 5.26. The molecule has 166 valence electrons. The van der Waals surface area contributed by atoms with Crippen molar-refractivity contribution in [3.8, 4) is 11.5 Å². The lowest BCUT2D eigenvalue weighted by molar-refractivity contribution is -0.114. The van der Waals surface area contributed by atoms with Crippen LogP contribution in [0.25, 0.3) is 6.08 Å². The topological polar surface area (TPSA) is 84.9 Å². The Morgan fingerprint density at radius 3 is 2.65 bits per heavy atom. The zero-order valence-electron chi connectivity index (χ0n) is 18.2. The average molecular weight is 445 g/mol. The number of anilines is 1. The van der Waals surface area contributed by atoms with E-state index in [1.54, 1.807) is 30.2 Å². The van der Waals surface area contributed by atoms with Gasteiger partial charge >= 0.3 is 0 Å². The molecule has 0 atom stereocenters. The van der Waals surface area contributed by atoms with Crippen molar-refractivity contribution in [2.75, 3.05) is 32.2 Å². The van der Waals surface area contributed by atoms with Gasteiger partial charge in [-0.3, -0.25) is 4.79 Å². The van der Waals surface area contributed by atoms with E-state index in [1.807, 2.05) is 18.2 Å². The molecule has 31 heavy (non-hydrogen) atoms. The van der Waals surface area contributed by atoms with Crippen LogP contribution in [-0.4, -0.2) is 41.6 Å². The number of rotatable bonds is 8. The molecule has 0 bridgehead atoms. The van der Waals surface area contributed by atoms with Crippen molar-refractivity contribution in [3.05, 3.63) is 53.6 Å². The van der Waals surface area contributed by atoms with Crippen LogP contribution in [0, 0.1) is 5.92 Å². The van der Waals surface area contributed by atoms with E-state index in [-0.39, 0.29) is 10.8 Å². The SMILES string of the molecule is CNS(=O)(=O)c1ccc2c(c1)CCN2C(=O)/C=C/c1ccc(OCC(C)C)c(OC)c1. The van der Waals surface area contributed by atoms with Crippen LogP contribution in [0.2, 0.25) is 0 Å². The zero-order valence-corrected chi connectivity index (χ0v) is 19.0. The third-order valence-corrected chi connectivity index (χ3v) is 6.38. The molecule has 1 amide bonds. The van der Waals surface area contributed by atoms with E-state index in [1.165, 1.54) is 19.2 Å². The lowest BCUT2D eigenvalue weighted by Crippen LogP contribution is -2.26. The molecule has 1 heterocycles. The molecular weight excluding hydrogens is 416 g/mol. The van der Waals surface area contributed by atoms with E-state index in [2.05, 4.69) is 18.6 Å². The molecule has 7 nitrogen and oxygen atoms in total. The lowest BCUT2D eigenvalue weighted by Gasteiger charge is -2.15. The van der Waals surface area contributed by atoms with Gasteiger partial charge in [-0.1, -0.05) is 19.9 Å². The average Bonchev–Trinajstić information content (AvgIpc) is 3.19. The Morgan fingerprint density at radius 1 is 1.19 bits per heavy atom. The van der Waals surface area contributed by atoms with Crippen molar-refractivity contribution in [2.45, 2.75) is 25.2 Å². The molecule has 2 aromatic carbocycles. The van der Waals surface area contributed by atoms with Gasteiger partial charge in [-0.15, -0.1) is 0 Å². The second-order valence-electron chi connectivity index (χ2n) is 7.69. The number of nitrogens with zero attached hydrogens (tertiary/aromatic N) is 1. The number of fused-ring (bicyclic) bond motifs is 1. The number of carbonyl (C=O) groups is 1. The Hall–Kier alpha value is -2.84.